The summed E-state index contributed by atoms with van der Waals surface area (Å²) in [5.74, 6) is 0.693. The molecule has 0 aliphatic heterocycles. The second-order valence-electron chi connectivity index (χ2n) is 6.03. The molecule has 2 aromatic heterocycles. The summed E-state index contributed by atoms with van der Waals surface area (Å²) >= 11 is 3.30. The number of aryl methyl sites for hydroxylation is 2. The fraction of sp³-hybridized carbons (Fsp3) is 0.368. The summed E-state index contributed by atoms with van der Waals surface area (Å²) in [7, 11) is 0. The van der Waals surface area contributed by atoms with Gasteiger partial charge in [0.15, 0.2) is 5.96 Å². The molecule has 2 heterocycles. The predicted molar refractivity (Wildman–Crippen MR) is 127 cm³/mol. The number of thiophene rings is 1. The van der Waals surface area contributed by atoms with E-state index in [0.29, 0.717) is 19.0 Å². The van der Waals surface area contributed by atoms with Gasteiger partial charge in [-0.15, -0.1) is 46.7 Å². The zero-order valence-corrected chi connectivity index (χ0v) is 19.6. The molecule has 3 rings (SSSR count). The quantitative estimate of drug-likeness (QED) is 0.259. The van der Waals surface area contributed by atoms with Crippen molar-refractivity contribution in [2.75, 3.05) is 13.1 Å². The van der Waals surface area contributed by atoms with Gasteiger partial charge in [-0.3, -0.25) is 0 Å². The normalized spacial score (nSPS) is 12.7. The Morgan fingerprint density at radius 2 is 2.00 bits per heavy atom. The number of hydrogen-bond donors (Lipinski definition) is 3. The molecule has 0 saturated heterocycles. The molecule has 0 spiro atoms. The molecule has 146 valence electrons. The Morgan fingerprint density at radius 3 is 2.67 bits per heavy atom. The summed E-state index contributed by atoms with van der Waals surface area (Å²) in [5, 5.41) is 19.1. The van der Waals surface area contributed by atoms with E-state index in [4.69, 9.17) is 0 Å². The van der Waals surface area contributed by atoms with E-state index >= 15 is 0 Å². The average Bonchev–Trinajstić information content (AvgIpc) is 3.20. The van der Waals surface area contributed by atoms with Gasteiger partial charge in [0.2, 0.25) is 0 Å². The monoisotopic (exact) mass is 516 g/mol. The van der Waals surface area contributed by atoms with Crippen molar-refractivity contribution < 1.29 is 5.11 Å². The van der Waals surface area contributed by atoms with Crippen LogP contribution in [0.25, 0.3) is 10.1 Å². The van der Waals surface area contributed by atoms with E-state index in [9.17, 15) is 5.11 Å². The third-order valence-corrected chi connectivity index (χ3v) is 6.30. The highest BCUT2D eigenvalue weighted by Crippen LogP contribution is 2.29. The zero-order chi connectivity index (χ0) is 18.5. The van der Waals surface area contributed by atoms with Gasteiger partial charge >= 0.3 is 0 Å². The van der Waals surface area contributed by atoms with E-state index in [1.165, 1.54) is 15.0 Å². The second-order valence-corrected chi connectivity index (χ2v) is 8.43. The maximum absolute atomic E-state index is 10.5. The molecule has 1 atom stereocenters. The molecule has 3 N–H and O–H groups in total. The molecule has 0 radical (unpaired) electrons. The van der Waals surface area contributed by atoms with Gasteiger partial charge in [-0.05, 0) is 38.3 Å². The molecule has 0 bridgehead atoms. The Bertz CT molecular complexity index is 854. The molecule has 3 aromatic rings. The first-order valence-corrected chi connectivity index (χ1v) is 10.3. The molecule has 1 unspecified atom stereocenters. The van der Waals surface area contributed by atoms with Crippen LogP contribution in [0.1, 0.15) is 33.5 Å². The van der Waals surface area contributed by atoms with Crippen molar-refractivity contribution in [1.29, 1.82) is 0 Å². The number of aromatic nitrogens is 1. The Kier molecular flexibility index (Phi) is 8.46. The van der Waals surface area contributed by atoms with Crippen molar-refractivity contribution in [3.63, 3.8) is 0 Å². The lowest BCUT2D eigenvalue weighted by Crippen LogP contribution is -2.39. The van der Waals surface area contributed by atoms with Crippen LogP contribution in [0.3, 0.4) is 0 Å². The standard InChI is InChI=1S/C19H24N4OS2.HI/c1-4-20-19(22-11-18-23-12(2)13(3)25-18)21-10-15(24)17-9-14-7-5-6-8-16(14)26-17;/h5-9,15,24H,4,10-11H2,1-3H3,(H2,20,21,22);1H. The summed E-state index contributed by atoms with van der Waals surface area (Å²) in [6, 6.07) is 10.2. The molecule has 1 aromatic carbocycles. The number of guanidine groups is 1. The fourth-order valence-electron chi connectivity index (χ4n) is 2.56. The molecular formula is C19H25IN4OS2. The third kappa shape index (κ3) is 5.87. The van der Waals surface area contributed by atoms with Crippen LogP contribution < -0.4 is 10.6 Å². The minimum Gasteiger partial charge on any atom is -0.386 e. The SMILES string of the molecule is CCNC(=NCc1nc(C)c(C)s1)NCC(O)c1cc2ccccc2s1.I. The largest absolute Gasteiger partial charge is 0.386 e. The number of thiazole rings is 1. The van der Waals surface area contributed by atoms with E-state index in [1.807, 2.05) is 26.0 Å². The third-order valence-electron chi connectivity index (χ3n) is 4.03. The lowest BCUT2D eigenvalue weighted by Gasteiger charge is -2.14. The maximum Gasteiger partial charge on any atom is 0.191 e. The van der Waals surface area contributed by atoms with E-state index in [0.717, 1.165) is 22.1 Å². The van der Waals surface area contributed by atoms with Gasteiger partial charge in [0.25, 0.3) is 0 Å². The van der Waals surface area contributed by atoms with E-state index < -0.39 is 6.10 Å². The molecule has 0 amide bonds. The minimum atomic E-state index is -0.569. The number of aliphatic hydroxyl groups is 1. The van der Waals surface area contributed by atoms with Gasteiger partial charge in [0.1, 0.15) is 11.1 Å². The van der Waals surface area contributed by atoms with Gasteiger partial charge in [-0.2, -0.15) is 0 Å². The topological polar surface area (TPSA) is 69.5 Å². The second kappa shape index (κ2) is 10.4. The molecule has 0 aliphatic rings. The van der Waals surface area contributed by atoms with Gasteiger partial charge in [-0.1, -0.05) is 18.2 Å². The van der Waals surface area contributed by atoms with E-state index in [-0.39, 0.29) is 24.0 Å². The smallest absolute Gasteiger partial charge is 0.191 e. The predicted octanol–water partition coefficient (Wildman–Crippen LogP) is 4.38. The van der Waals surface area contributed by atoms with Crippen LogP contribution in [-0.2, 0) is 6.54 Å². The number of nitrogens with one attached hydrogen (secondary N) is 2. The molecule has 27 heavy (non-hydrogen) atoms. The number of halogens is 1. The Labute approximate surface area is 185 Å². The average molecular weight is 516 g/mol. The van der Waals surface area contributed by atoms with Crippen molar-refractivity contribution in [1.82, 2.24) is 15.6 Å². The number of rotatable bonds is 6. The number of fused-ring (bicyclic) bond motifs is 1. The highest BCUT2D eigenvalue weighted by Gasteiger charge is 2.12. The van der Waals surface area contributed by atoms with Crippen molar-refractivity contribution in [3.8, 4) is 0 Å². The molecule has 8 heteroatoms. The van der Waals surface area contributed by atoms with Gasteiger partial charge in [0.05, 0.1) is 12.2 Å². The number of aliphatic hydroxyl groups excluding tert-OH is 1. The van der Waals surface area contributed by atoms with Crippen LogP contribution in [0.15, 0.2) is 35.3 Å². The van der Waals surface area contributed by atoms with Crippen LogP contribution in [0.5, 0.6) is 0 Å². The number of benzene rings is 1. The number of hydrogen-bond acceptors (Lipinski definition) is 5. The first-order valence-electron chi connectivity index (χ1n) is 8.68. The summed E-state index contributed by atoms with van der Waals surface area (Å²) < 4.78 is 1.19. The lowest BCUT2D eigenvalue weighted by atomic mass is 10.2. The van der Waals surface area contributed by atoms with Gasteiger partial charge in [-0.25, -0.2) is 9.98 Å². The van der Waals surface area contributed by atoms with Crippen LogP contribution in [0.2, 0.25) is 0 Å². The van der Waals surface area contributed by atoms with Crippen LogP contribution in [0.4, 0.5) is 0 Å². The Morgan fingerprint density at radius 1 is 1.22 bits per heavy atom. The van der Waals surface area contributed by atoms with E-state index in [2.05, 4.69) is 45.7 Å². The van der Waals surface area contributed by atoms with Crippen molar-refractivity contribution in [2.45, 2.75) is 33.4 Å². The molecule has 0 aliphatic carbocycles. The first-order chi connectivity index (χ1) is 12.6. The van der Waals surface area contributed by atoms with Crippen molar-refractivity contribution in [3.05, 3.63) is 50.8 Å². The van der Waals surface area contributed by atoms with E-state index in [1.54, 1.807) is 22.7 Å². The number of nitrogens with zero attached hydrogens (tertiary/aromatic N) is 2. The number of aliphatic imine (C=N–C) groups is 1. The first kappa shape index (κ1) is 22.1. The molecular weight excluding hydrogens is 491 g/mol. The summed E-state index contributed by atoms with van der Waals surface area (Å²) in [4.78, 5) is 11.3. The summed E-state index contributed by atoms with van der Waals surface area (Å²) in [5.41, 5.74) is 1.07. The van der Waals surface area contributed by atoms with Gasteiger partial charge in [0, 0.05) is 27.5 Å². The maximum atomic E-state index is 10.5. The molecule has 5 nitrogen and oxygen atoms in total. The Hall–Kier alpha value is -1.23. The summed E-state index contributed by atoms with van der Waals surface area (Å²) in [6.45, 7) is 7.83. The molecule has 0 fully saturated rings. The van der Waals surface area contributed by atoms with Gasteiger partial charge < -0.3 is 15.7 Å². The van der Waals surface area contributed by atoms with Crippen LogP contribution in [0, 0.1) is 13.8 Å². The molecule has 0 saturated carbocycles. The summed E-state index contributed by atoms with van der Waals surface area (Å²) in [6.07, 6.45) is -0.569. The van der Waals surface area contributed by atoms with Crippen molar-refractivity contribution in [2.24, 2.45) is 4.99 Å². The minimum absolute atomic E-state index is 0. The van der Waals surface area contributed by atoms with Crippen molar-refractivity contribution >= 4 is 62.7 Å². The van der Waals surface area contributed by atoms with Crippen LogP contribution in [-0.4, -0.2) is 29.1 Å². The highest BCUT2D eigenvalue weighted by molar-refractivity contribution is 14.0. The lowest BCUT2D eigenvalue weighted by molar-refractivity contribution is 0.184. The fourth-order valence-corrected chi connectivity index (χ4v) is 4.46. The zero-order valence-electron chi connectivity index (χ0n) is 15.7. The van der Waals surface area contributed by atoms with Crippen LogP contribution >= 0.6 is 46.7 Å². The Balaban J connectivity index is 0.00000261. The highest BCUT2D eigenvalue weighted by atomic mass is 127.